The Hall–Kier alpha value is -0.850. The number of unbranched alkanes of at least 4 members (excludes halogenated alkanes) is 8. The number of ketones is 1. The molecule has 0 heterocycles. The molecular weight excluding hydrogens is 328 g/mol. The van der Waals surface area contributed by atoms with E-state index in [1.54, 1.807) is 12.5 Å². The fraction of sp³-hybridized carbons (Fsp3) is 0.808. The third-order valence-electron chi connectivity index (χ3n) is 6.93. The van der Waals surface area contributed by atoms with E-state index in [1.807, 2.05) is 0 Å². The van der Waals surface area contributed by atoms with Gasteiger partial charge in [-0.25, -0.2) is 0 Å². The molecule has 27 heavy (non-hydrogen) atoms. The van der Waals surface area contributed by atoms with Crippen LogP contribution in [-0.4, -0.2) is 5.78 Å². The minimum absolute atomic E-state index is 0.372. The predicted octanol–water partition coefficient (Wildman–Crippen LogP) is 8.20. The molecule has 1 saturated carbocycles. The summed E-state index contributed by atoms with van der Waals surface area (Å²) in [5.41, 5.74) is 1.73. The summed E-state index contributed by atoms with van der Waals surface area (Å²) in [6.45, 7) is 4.05. The fourth-order valence-corrected chi connectivity index (χ4v) is 5.32. The average Bonchev–Trinajstić information content (AvgIpc) is 2.68. The van der Waals surface area contributed by atoms with E-state index in [1.165, 1.54) is 89.9 Å². The highest BCUT2D eigenvalue weighted by Gasteiger charge is 2.32. The maximum Gasteiger partial charge on any atom is 0.129 e. The summed E-state index contributed by atoms with van der Waals surface area (Å²) in [7, 11) is 0. The molecule has 0 aliphatic heterocycles. The highest BCUT2D eigenvalue weighted by atomic mass is 16.1. The van der Waals surface area contributed by atoms with Crippen molar-refractivity contribution in [3.05, 3.63) is 23.8 Å². The first-order valence-corrected chi connectivity index (χ1v) is 12.1. The summed E-state index contributed by atoms with van der Waals surface area (Å²) < 4.78 is 0. The number of carbonyl (C=O) groups excluding carboxylic acids is 1. The molecule has 2 aliphatic carbocycles. The van der Waals surface area contributed by atoms with E-state index >= 15 is 0 Å². The van der Waals surface area contributed by atoms with Crippen molar-refractivity contribution in [2.24, 2.45) is 17.8 Å². The van der Waals surface area contributed by atoms with Gasteiger partial charge in [0.05, 0.1) is 0 Å². The molecule has 0 saturated heterocycles. The second-order valence-corrected chi connectivity index (χ2v) is 9.18. The topological polar surface area (TPSA) is 17.1 Å². The van der Waals surface area contributed by atoms with Gasteiger partial charge in [-0.05, 0) is 56.8 Å². The maximum atomic E-state index is 11.6. The van der Waals surface area contributed by atoms with Crippen LogP contribution in [0.4, 0.5) is 0 Å². The van der Waals surface area contributed by atoms with Crippen molar-refractivity contribution in [3.8, 4) is 0 Å². The van der Waals surface area contributed by atoms with Crippen LogP contribution in [0.15, 0.2) is 23.8 Å². The van der Waals surface area contributed by atoms with Gasteiger partial charge >= 0.3 is 0 Å². The van der Waals surface area contributed by atoms with Gasteiger partial charge < -0.3 is 4.79 Å². The van der Waals surface area contributed by atoms with Crippen LogP contribution in [-0.2, 0) is 4.79 Å². The Kier molecular flexibility index (Phi) is 11.1. The standard InChI is InChI=1S/C26H44O/c1-3-4-5-6-7-8-9-10-11-15-24(21-20-22(2)27)26-19-14-17-23-16-12-13-18-25(23)26/h12-13,18,23-24,26H,3-11,14-17,19-21H2,1-2H3. The van der Waals surface area contributed by atoms with Crippen LogP contribution < -0.4 is 0 Å². The van der Waals surface area contributed by atoms with Crippen molar-refractivity contribution in [2.75, 3.05) is 0 Å². The molecule has 1 nitrogen and oxygen atoms in total. The second-order valence-electron chi connectivity index (χ2n) is 9.18. The van der Waals surface area contributed by atoms with Gasteiger partial charge in [0.1, 0.15) is 5.78 Å². The second kappa shape index (κ2) is 13.3. The Morgan fingerprint density at radius 3 is 2.41 bits per heavy atom. The van der Waals surface area contributed by atoms with Crippen LogP contribution in [0.2, 0.25) is 0 Å². The molecule has 154 valence electrons. The molecule has 0 aromatic rings. The Bertz CT molecular complexity index is 473. The Labute approximate surface area is 169 Å². The fourth-order valence-electron chi connectivity index (χ4n) is 5.32. The number of Topliss-reactive ketones (excluding diaryl/α,β-unsaturated/α-hetero) is 1. The normalized spacial score (nSPS) is 23.0. The van der Waals surface area contributed by atoms with Gasteiger partial charge in [-0.3, -0.25) is 0 Å². The first-order chi connectivity index (χ1) is 13.2. The average molecular weight is 373 g/mol. The Morgan fingerprint density at radius 2 is 1.70 bits per heavy atom. The van der Waals surface area contributed by atoms with E-state index in [4.69, 9.17) is 0 Å². The summed E-state index contributed by atoms with van der Waals surface area (Å²) in [4.78, 5) is 11.6. The summed E-state index contributed by atoms with van der Waals surface area (Å²) in [6.07, 6.45) is 28.3. The number of carbonyl (C=O) groups is 1. The smallest absolute Gasteiger partial charge is 0.129 e. The van der Waals surface area contributed by atoms with Crippen LogP contribution in [0, 0.1) is 17.8 Å². The maximum absolute atomic E-state index is 11.6. The lowest BCUT2D eigenvalue weighted by atomic mass is 9.67. The lowest BCUT2D eigenvalue weighted by Gasteiger charge is -2.38. The molecule has 3 atom stereocenters. The number of hydrogen-bond donors (Lipinski definition) is 0. The monoisotopic (exact) mass is 372 g/mol. The van der Waals surface area contributed by atoms with Gasteiger partial charge in [-0.2, -0.15) is 0 Å². The molecule has 1 heteroatoms. The quantitative estimate of drug-likeness (QED) is 0.281. The molecular formula is C26H44O. The highest BCUT2D eigenvalue weighted by Crippen LogP contribution is 2.44. The Morgan fingerprint density at radius 1 is 1.00 bits per heavy atom. The SMILES string of the molecule is CCCCCCCCCCCC(CCC(C)=O)C1CCCC2CC=CC=C21. The Balaban J connectivity index is 1.75. The predicted molar refractivity (Wildman–Crippen MR) is 118 cm³/mol. The van der Waals surface area contributed by atoms with Gasteiger partial charge in [-0.15, -0.1) is 0 Å². The molecule has 0 N–H and O–H groups in total. The van der Waals surface area contributed by atoms with Crippen LogP contribution in [0.25, 0.3) is 0 Å². The summed E-state index contributed by atoms with van der Waals surface area (Å²) in [5.74, 6) is 2.66. The van der Waals surface area contributed by atoms with E-state index in [2.05, 4.69) is 25.2 Å². The zero-order valence-electron chi connectivity index (χ0n) is 18.2. The molecule has 3 unspecified atom stereocenters. The van der Waals surface area contributed by atoms with Gasteiger partial charge in [0.15, 0.2) is 0 Å². The number of rotatable bonds is 14. The first kappa shape index (κ1) is 22.4. The van der Waals surface area contributed by atoms with Gasteiger partial charge in [0.2, 0.25) is 0 Å². The van der Waals surface area contributed by atoms with E-state index in [-0.39, 0.29) is 0 Å². The molecule has 0 spiro atoms. The molecule has 2 rings (SSSR count). The summed E-state index contributed by atoms with van der Waals surface area (Å²) in [6, 6.07) is 0. The van der Waals surface area contributed by atoms with E-state index in [9.17, 15) is 4.79 Å². The van der Waals surface area contributed by atoms with E-state index < -0.39 is 0 Å². The van der Waals surface area contributed by atoms with Crippen molar-refractivity contribution in [2.45, 2.75) is 117 Å². The van der Waals surface area contributed by atoms with Gasteiger partial charge in [-0.1, -0.05) is 94.9 Å². The molecule has 0 radical (unpaired) electrons. The van der Waals surface area contributed by atoms with Crippen LogP contribution >= 0.6 is 0 Å². The first-order valence-electron chi connectivity index (χ1n) is 12.1. The number of allylic oxidation sites excluding steroid dienone is 4. The van der Waals surface area contributed by atoms with Crippen molar-refractivity contribution in [1.82, 2.24) is 0 Å². The molecule has 2 aliphatic rings. The van der Waals surface area contributed by atoms with Crippen molar-refractivity contribution < 1.29 is 4.79 Å². The van der Waals surface area contributed by atoms with Gasteiger partial charge in [0.25, 0.3) is 0 Å². The lowest BCUT2D eigenvalue weighted by molar-refractivity contribution is -0.117. The van der Waals surface area contributed by atoms with Gasteiger partial charge in [0, 0.05) is 6.42 Å². The molecule has 0 amide bonds. The van der Waals surface area contributed by atoms with E-state index in [0.29, 0.717) is 5.78 Å². The third-order valence-corrected chi connectivity index (χ3v) is 6.93. The van der Waals surface area contributed by atoms with Crippen LogP contribution in [0.1, 0.15) is 117 Å². The highest BCUT2D eigenvalue weighted by molar-refractivity contribution is 5.75. The minimum atomic E-state index is 0.372. The largest absolute Gasteiger partial charge is 0.300 e. The summed E-state index contributed by atoms with van der Waals surface area (Å²) >= 11 is 0. The van der Waals surface area contributed by atoms with Crippen LogP contribution in [0.5, 0.6) is 0 Å². The zero-order valence-corrected chi connectivity index (χ0v) is 18.2. The molecule has 0 aromatic carbocycles. The van der Waals surface area contributed by atoms with Crippen LogP contribution in [0.3, 0.4) is 0 Å². The molecule has 0 bridgehead atoms. The lowest BCUT2D eigenvalue weighted by Crippen LogP contribution is -2.27. The summed E-state index contributed by atoms with van der Waals surface area (Å²) in [5, 5.41) is 0. The van der Waals surface area contributed by atoms with Crippen molar-refractivity contribution >= 4 is 5.78 Å². The number of hydrogen-bond acceptors (Lipinski definition) is 1. The molecule has 0 aromatic heterocycles. The minimum Gasteiger partial charge on any atom is -0.300 e. The number of fused-ring (bicyclic) bond motifs is 1. The molecule has 1 fully saturated rings. The van der Waals surface area contributed by atoms with Crippen molar-refractivity contribution in [1.29, 1.82) is 0 Å². The third kappa shape index (κ3) is 8.36. The van der Waals surface area contributed by atoms with Crippen molar-refractivity contribution in [3.63, 3.8) is 0 Å². The van der Waals surface area contributed by atoms with E-state index in [0.717, 1.165) is 30.6 Å². The zero-order chi connectivity index (χ0) is 19.3.